The number of halogens is 3. The van der Waals surface area contributed by atoms with Gasteiger partial charge in [-0.15, -0.1) is 11.3 Å². The maximum atomic E-state index is 6.22. The molecule has 0 amide bonds. The SMILES string of the molecule is NC(c1cc(I)ccc1Br)c1sccc1Cl. The quantitative estimate of drug-likeness (QED) is 0.682. The molecule has 1 aromatic carbocycles. The van der Waals surface area contributed by atoms with E-state index in [1.165, 1.54) is 3.57 Å². The molecule has 0 radical (unpaired) electrons. The second kappa shape index (κ2) is 5.35. The summed E-state index contributed by atoms with van der Waals surface area (Å²) in [6.45, 7) is 0. The highest BCUT2D eigenvalue weighted by molar-refractivity contribution is 14.1. The van der Waals surface area contributed by atoms with E-state index in [0.29, 0.717) is 0 Å². The topological polar surface area (TPSA) is 26.0 Å². The van der Waals surface area contributed by atoms with Crippen molar-refractivity contribution in [2.24, 2.45) is 5.73 Å². The van der Waals surface area contributed by atoms with Crippen LogP contribution >= 0.6 is 61.5 Å². The maximum Gasteiger partial charge on any atom is 0.0672 e. The molecule has 0 bridgehead atoms. The third kappa shape index (κ3) is 2.61. The summed E-state index contributed by atoms with van der Waals surface area (Å²) in [5.41, 5.74) is 7.29. The highest BCUT2D eigenvalue weighted by Crippen LogP contribution is 2.34. The van der Waals surface area contributed by atoms with Crippen LogP contribution in [0.4, 0.5) is 0 Å². The number of thiophene rings is 1. The fourth-order valence-corrected chi connectivity index (χ4v) is 3.62. The van der Waals surface area contributed by atoms with Crippen molar-refractivity contribution in [2.45, 2.75) is 6.04 Å². The number of hydrogen-bond acceptors (Lipinski definition) is 2. The smallest absolute Gasteiger partial charge is 0.0672 e. The molecule has 1 unspecified atom stereocenters. The van der Waals surface area contributed by atoms with Gasteiger partial charge < -0.3 is 5.73 Å². The Hall–Kier alpha value is 0.380. The van der Waals surface area contributed by atoms with Crippen LogP contribution < -0.4 is 5.73 Å². The van der Waals surface area contributed by atoms with Gasteiger partial charge in [0.15, 0.2) is 0 Å². The summed E-state index contributed by atoms with van der Waals surface area (Å²) in [5, 5.41) is 2.70. The van der Waals surface area contributed by atoms with Gasteiger partial charge in [0.05, 0.1) is 11.1 Å². The first-order chi connectivity index (χ1) is 7.59. The molecule has 2 aromatic rings. The number of rotatable bonds is 2. The van der Waals surface area contributed by atoms with Crippen molar-refractivity contribution in [2.75, 3.05) is 0 Å². The zero-order valence-electron chi connectivity index (χ0n) is 8.08. The van der Waals surface area contributed by atoms with E-state index in [4.69, 9.17) is 17.3 Å². The van der Waals surface area contributed by atoms with Crippen molar-refractivity contribution in [3.05, 3.63) is 53.2 Å². The zero-order chi connectivity index (χ0) is 11.7. The molecule has 1 aromatic heterocycles. The first kappa shape index (κ1) is 12.8. The van der Waals surface area contributed by atoms with Crippen LogP contribution in [-0.2, 0) is 0 Å². The average Bonchev–Trinajstić information content (AvgIpc) is 2.67. The lowest BCUT2D eigenvalue weighted by atomic mass is 10.1. The molecule has 0 saturated carbocycles. The number of nitrogens with two attached hydrogens (primary N) is 1. The molecule has 0 spiro atoms. The van der Waals surface area contributed by atoms with Crippen molar-refractivity contribution < 1.29 is 0 Å². The van der Waals surface area contributed by atoms with E-state index in [9.17, 15) is 0 Å². The minimum absolute atomic E-state index is 0.170. The van der Waals surface area contributed by atoms with Gasteiger partial charge in [-0.05, 0) is 57.8 Å². The molecule has 0 aliphatic carbocycles. The summed E-state index contributed by atoms with van der Waals surface area (Å²) in [6, 6.07) is 7.83. The standard InChI is InChI=1S/C11H8BrClINS/c12-8-2-1-6(14)5-7(8)10(15)11-9(13)3-4-16-11/h1-5,10H,15H2. The van der Waals surface area contributed by atoms with Gasteiger partial charge in [-0.2, -0.15) is 0 Å². The van der Waals surface area contributed by atoms with E-state index in [-0.39, 0.29) is 6.04 Å². The van der Waals surface area contributed by atoms with Crippen LogP contribution in [0.2, 0.25) is 5.02 Å². The van der Waals surface area contributed by atoms with Crippen molar-refractivity contribution in [3.63, 3.8) is 0 Å². The fourth-order valence-electron chi connectivity index (χ4n) is 1.42. The van der Waals surface area contributed by atoms with Crippen LogP contribution in [0.5, 0.6) is 0 Å². The van der Waals surface area contributed by atoms with Crippen molar-refractivity contribution in [1.29, 1.82) is 0 Å². The average molecular weight is 429 g/mol. The molecule has 2 rings (SSSR count). The lowest BCUT2D eigenvalue weighted by Crippen LogP contribution is -2.11. The first-order valence-corrected chi connectivity index (χ1v) is 7.66. The molecule has 5 heteroatoms. The van der Waals surface area contributed by atoms with E-state index >= 15 is 0 Å². The Morgan fingerprint density at radius 1 is 1.38 bits per heavy atom. The Balaban J connectivity index is 2.45. The summed E-state index contributed by atoms with van der Waals surface area (Å²) in [5.74, 6) is 0. The van der Waals surface area contributed by atoms with Crippen LogP contribution in [0.15, 0.2) is 34.1 Å². The van der Waals surface area contributed by atoms with E-state index in [0.717, 1.165) is 19.9 Å². The Morgan fingerprint density at radius 3 is 2.75 bits per heavy atom. The molecule has 1 atom stereocenters. The monoisotopic (exact) mass is 427 g/mol. The van der Waals surface area contributed by atoms with Crippen molar-refractivity contribution in [1.82, 2.24) is 0 Å². The van der Waals surface area contributed by atoms with Crippen molar-refractivity contribution in [3.8, 4) is 0 Å². The molecule has 2 N–H and O–H groups in total. The minimum atomic E-state index is -0.170. The molecule has 84 valence electrons. The Morgan fingerprint density at radius 2 is 2.12 bits per heavy atom. The third-order valence-corrected chi connectivity index (χ3v) is 5.06. The minimum Gasteiger partial charge on any atom is -0.320 e. The van der Waals surface area contributed by atoms with Crippen molar-refractivity contribution >= 4 is 61.5 Å². The predicted molar refractivity (Wildman–Crippen MR) is 82.2 cm³/mol. The van der Waals surface area contributed by atoms with Gasteiger partial charge in [0.2, 0.25) is 0 Å². The van der Waals surface area contributed by atoms with Gasteiger partial charge in [-0.3, -0.25) is 0 Å². The molecule has 16 heavy (non-hydrogen) atoms. The molecule has 1 heterocycles. The lowest BCUT2D eigenvalue weighted by molar-refractivity contribution is 0.886. The zero-order valence-corrected chi connectivity index (χ0v) is 13.4. The van der Waals surface area contributed by atoms with Gasteiger partial charge in [0.1, 0.15) is 0 Å². The number of benzene rings is 1. The predicted octanol–water partition coefficient (Wildman–Crippen LogP) is 4.82. The van der Waals surface area contributed by atoms with E-state index < -0.39 is 0 Å². The Kier molecular flexibility index (Phi) is 4.29. The highest BCUT2D eigenvalue weighted by Gasteiger charge is 2.16. The molecule has 1 nitrogen and oxygen atoms in total. The van der Waals surface area contributed by atoms with Crippen LogP contribution in [0, 0.1) is 3.57 Å². The Labute approximate surface area is 125 Å². The van der Waals surface area contributed by atoms with Crippen LogP contribution in [0.25, 0.3) is 0 Å². The summed E-state index contributed by atoms with van der Waals surface area (Å²) in [4.78, 5) is 1.00. The van der Waals surface area contributed by atoms with Gasteiger partial charge in [-0.1, -0.05) is 27.5 Å². The largest absolute Gasteiger partial charge is 0.320 e. The van der Waals surface area contributed by atoms with E-state index in [1.54, 1.807) is 11.3 Å². The Bertz CT molecular complexity index is 514. The van der Waals surface area contributed by atoms with Gasteiger partial charge in [-0.25, -0.2) is 0 Å². The van der Waals surface area contributed by atoms with E-state index in [2.05, 4.69) is 44.6 Å². The van der Waals surface area contributed by atoms with E-state index in [1.807, 2.05) is 23.6 Å². The van der Waals surface area contributed by atoms with Gasteiger partial charge in [0, 0.05) is 12.9 Å². The summed E-state index contributed by atoms with van der Waals surface area (Å²) >= 11 is 13.5. The second-order valence-corrected chi connectivity index (χ2v) is 6.73. The molecule has 0 aliphatic heterocycles. The fraction of sp³-hybridized carbons (Fsp3) is 0.0909. The van der Waals surface area contributed by atoms with Crippen LogP contribution in [-0.4, -0.2) is 0 Å². The summed E-state index contributed by atoms with van der Waals surface area (Å²) in [7, 11) is 0. The molecule has 0 aliphatic rings. The maximum absolute atomic E-state index is 6.22. The molecular formula is C11H8BrClINS. The van der Waals surface area contributed by atoms with Gasteiger partial charge >= 0.3 is 0 Å². The normalized spacial score (nSPS) is 12.8. The summed E-state index contributed by atoms with van der Waals surface area (Å²) < 4.78 is 2.18. The third-order valence-electron chi connectivity index (χ3n) is 2.22. The molecule has 0 saturated heterocycles. The molecule has 0 fully saturated rings. The number of hydrogen-bond donors (Lipinski definition) is 1. The first-order valence-electron chi connectivity index (χ1n) is 4.53. The highest BCUT2D eigenvalue weighted by atomic mass is 127. The van der Waals surface area contributed by atoms with Crippen LogP contribution in [0.1, 0.15) is 16.5 Å². The van der Waals surface area contributed by atoms with Gasteiger partial charge in [0.25, 0.3) is 0 Å². The van der Waals surface area contributed by atoms with Crippen LogP contribution in [0.3, 0.4) is 0 Å². The summed E-state index contributed by atoms with van der Waals surface area (Å²) in [6.07, 6.45) is 0. The second-order valence-electron chi connectivity index (χ2n) is 3.28. The molecular weight excluding hydrogens is 420 g/mol. The lowest BCUT2D eigenvalue weighted by Gasteiger charge is -2.13.